The van der Waals surface area contributed by atoms with Gasteiger partial charge in [-0.15, -0.1) is 0 Å². The number of nitrogens with zero attached hydrogens (tertiary/aromatic N) is 5. The van der Waals surface area contributed by atoms with E-state index in [1.54, 1.807) is 19.1 Å². The van der Waals surface area contributed by atoms with Gasteiger partial charge in [0.05, 0.1) is 17.6 Å². The number of aliphatic hydroxyl groups is 3. The Bertz CT molecular complexity index is 1110. The fraction of sp³-hybridized carbons (Fsp3) is 0.421. The van der Waals surface area contributed by atoms with Gasteiger partial charge in [0.15, 0.2) is 17.4 Å². The number of nitrogens with one attached hydrogen (secondary N) is 1. The van der Waals surface area contributed by atoms with Crippen LogP contribution in [0.5, 0.6) is 5.88 Å². The highest BCUT2D eigenvalue weighted by molar-refractivity contribution is 5.79. The molecule has 0 saturated carbocycles. The minimum Gasteiger partial charge on any atom is -0.471 e. The molecular formula is C19H22N6O7. The number of nitro groups is 1. The lowest BCUT2D eigenvalue weighted by Gasteiger charge is -2.19. The lowest BCUT2D eigenvalue weighted by atomic mass is 10.1. The maximum atomic E-state index is 10.8. The number of nitro benzene ring substituents is 1. The molecule has 0 spiro atoms. The van der Waals surface area contributed by atoms with E-state index in [0.29, 0.717) is 11.2 Å². The van der Waals surface area contributed by atoms with Crippen molar-refractivity contribution < 1.29 is 29.7 Å². The quantitative estimate of drug-likeness (QED) is 0.277. The van der Waals surface area contributed by atoms with Gasteiger partial charge in [-0.25, -0.2) is 9.97 Å². The van der Waals surface area contributed by atoms with Crippen molar-refractivity contribution in [3.8, 4) is 5.88 Å². The first-order valence-corrected chi connectivity index (χ1v) is 9.86. The Balaban J connectivity index is 1.66. The molecule has 1 saturated heterocycles. The summed E-state index contributed by atoms with van der Waals surface area (Å²) in [6.07, 6.45) is -2.64. The highest BCUT2D eigenvalue weighted by Crippen LogP contribution is 2.35. The normalized spacial score (nSPS) is 22.9. The number of ether oxygens (including phenoxy) is 2. The number of aliphatic hydroxyl groups excluding tert-OH is 3. The number of hydrogen-bond donors (Lipinski definition) is 4. The van der Waals surface area contributed by atoms with Crippen LogP contribution in [0.2, 0.25) is 0 Å². The van der Waals surface area contributed by atoms with Gasteiger partial charge in [-0.1, -0.05) is 0 Å². The van der Waals surface area contributed by atoms with Crippen LogP contribution in [0.3, 0.4) is 0 Å². The van der Waals surface area contributed by atoms with E-state index in [1.165, 1.54) is 23.0 Å². The maximum absolute atomic E-state index is 10.8. The highest BCUT2D eigenvalue weighted by atomic mass is 16.6. The van der Waals surface area contributed by atoms with Gasteiger partial charge < -0.3 is 30.1 Å². The molecule has 1 fully saturated rings. The first-order valence-electron chi connectivity index (χ1n) is 9.86. The summed E-state index contributed by atoms with van der Waals surface area (Å²) < 4.78 is 13.0. The number of imidazole rings is 1. The molecule has 4 atom stereocenters. The van der Waals surface area contributed by atoms with Gasteiger partial charge in [0.2, 0.25) is 11.8 Å². The summed E-state index contributed by atoms with van der Waals surface area (Å²) in [6, 6.07) is 5.92. The van der Waals surface area contributed by atoms with Crippen LogP contribution in [0.15, 0.2) is 30.6 Å². The van der Waals surface area contributed by atoms with Gasteiger partial charge >= 0.3 is 0 Å². The third-order valence-electron chi connectivity index (χ3n) is 5.09. The van der Waals surface area contributed by atoms with E-state index < -0.39 is 29.5 Å². The standard InChI is InChI=1S/C19H22N6O7/c1-10-14(27)15(28)18(32-10)24-16-13(23-19(24)20-6-7-26)17(22-9-21-16)31-8-11-2-4-12(5-3-11)25(29)30/h2-5,9-10,14-15,18,26-28H,6-8H2,1H3,(H,20,23)/t10-,14-,15-,18-/m1/s1. The molecule has 0 aliphatic carbocycles. The molecule has 1 aromatic carbocycles. The van der Waals surface area contributed by atoms with Gasteiger partial charge in [0.1, 0.15) is 25.1 Å². The van der Waals surface area contributed by atoms with Crippen LogP contribution < -0.4 is 10.1 Å². The zero-order chi connectivity index (χ0) is 22.8. The summed E-state index contributed by atoms with van der Waals surface area (Å²) in [5, 5.41) is 43.5. The predicted molar refractivity (Wildman–Crippen MR) is 110 cm³/mol. The highest BCUT2D eigenvalue weighted by Gasteiger charge is 2.43. The molecule has 2 aromatic heterocycles. The number of non-ortho nitro benzene ring substituents is 1. The van der Waals surface area contributed by atoms with Crippen LogP contribution >= 0.6 is 0 Å². The molecule has 0 radical (unpaired) electrons. The van der Waals surface area contributed by atoms with Gasteiger partial charge in [0.25, 0.3) is 5.69 Å². The van der Waals surface area contributed by atoms with Crippen LogP contribution in [0.4, 0.5) is 11.6 Å². The average Bonchev–Trinajstić information content (AvgIpc) is 3.28. The Morgan fingerprint density at radius 1 is 1.25 bits per heavy atom. The Morgan fingerprint density at radius 2 is 2.00 bits per heavy atom. The minimum absolute atomic E-state index is 0.0249. The van der Waals surface area contributed by atoms with Gasteiger partial charge in [-0.2, -0.15) is 4.98 Å². The molecule has 3 heterocycles. The van der Waals surface area contributed by atoms with Crippen LogP contribution in [0, 0.1) is 10.1 Å². The van der Waals surface area contributed by atoms with E-state index in [-0.39, 0.29) is 42.8 Å². The number of benzene rings is 1. The van der Waals surface area contributed by atoms with Gasteiger partial charge in [-0.05, 0) is 24.6 Å². The second-order valence-electron chi connectivity index (χ2n) is 7.23. The molecule has 1 aliphatic rings. The molecule has 3 aromatic rings. The summed E-state index contributed by atoms with van der Waals surface area (Å²) in [5.74, 6) is 0.403. The van der Waals surface area contributed by atoms with Crippen molar-refractivity contribution in [3.05, 3.63) is 46.3 Å². The Morgan fingerprint density at radius 3 is 2.62 bits per heavy atom. The fourth-order valence-corrected chi connectivity index (χ4v) is 3.43. The molecule has 170 valence electrons. The molecule has 4 N–H and O–H groups in total. The topological polar surface area (TPSA) is 178 Å². The smallest absolute Gasteiger partial charge is 0.269 e. The van der Waals surface area contributed by atoms with E-state index in [9.17, 15) is 25.4 Å². The zero-order valence-electron chi connectivity index (χ0n) is 17.0. The second-order valence-corrected chi connectivity index (χ2v) is 7.23. The zero-order valence-corrected chi connectivity index (χ0v) is 17.0. The summed E-state index contributed by atoms with van der Waals surface area (Å²) in [5.41, 5.74) is 1.24. The van der Waals surface area contributed by atoms with E-state index in [4.69, 9.17) is 9.47 Å². The Kier molecular flexibility index (Phi) is 6.14. The number of hydrogen-bond acceptors (Lipinski definition) is 11. The number of anilines is 1. The van der Waals surface area contributed by atoms with E-state index in [0.717, 1.165) is 0 Å². The molecule has 0 bridgehead atoms. The molecule has 13 nitrogen and oxygen atoms in total. The lowest BCUT2D eigenvalue weighted by Crippen LogP contribution is -2.31. The van der Waals surface area contributed by atoms with Crippen LogP contribution in [0.1, 0.15) is 18.7 Å². The third-order valence-corrected chi connectivity index (χ3v) is 5.09. The number of aromatic nitrogens is 4. The first-order chi connectivity index (χ1) is 15.4. The van der Waals surface area contributed by atoms with Gasteiger partial charge in [0, 0.05) is 18.7 Å². The molecule has 4 rings (SSSR count). The van der Waals surface area contributed by atoms with Crippen molar-refractivity contribution in [2.45, 2.75) is 38.1 Å². The molecular weight excluding hydrogens is 424 g/mol. The van der Waals surface area contributed by atoms with Crippen LogP contribution in [0.25, 0.3) is 11.2 Å². The largest absolute Gasteiger partial charge is 0.471 e. The maximum Gasteiger partial charge on any atom is 0.269 e. The Labute approximate surface area is 181 Å². The minimum atomic E-state index is -1.23. The van der Waals surface area contributed by atoms with Crippen LogP contribution in [-0.4, -0.2) is 71.2 Å². The molecule has 32 heavy (non-hydrogen) atoms. The molecule has 0 amide bonds. The van der Waals surface area contributed by atoms with Crippen molar-refractivity contribution in [3.63, 3.8) is 0 Å². The molecule has 13 heteroatoms. The van der Waals surface area contributed by atoms with E-state index >= 15 is 0 Å². The molecule has 1 aliphatic heterocycles. The number of rotatable bonds is 8. The second kappa shape index (κ2) is 9.00. The molecule has 0 unspecified atom stereocenters. The fourth-order valence-electron chi connectivity index (χ4n) is 3.43. The Hall–Kier alpha value is -3.39. The SMILES string of the molecule is C[C@H]1O[C@@H](n2c(NCCO)nc3c(OCc4ccc([N+](=O)[O-])cc4)ncnc32)[C@H](O)[C@@H]1O. The summed E-state index contributed by atoms with van der Waals surface area (Å²) in [7, 11) is 0. The van der Waals surface area contributed by atoms with E-state index in [2.05, 4.69) is 20.3 Å². The lowest BCUT2D eigenvalue weighted by molar-refractivity contribution is -0.384. The van der Waals surface area contributed by atoms with Crippen molar-refractivity contribution in [2.75, 3.05) is 18.5 Å². The third kappa shape index (κ3) is 4.05. The first kappa shape index (κ1) is 21.8. The summed E-state index contributed by atoms with van der Waals surface area (Å²) >= 11 is 0. The van der Waals surface area contributed by atoms with E-state index in [1.807, 2.05) is 0 Å². The van der Waals surface area contributed by atoms with Crippen molar-refractivity contribution in [1.82, 2.24) is 19.5 Å². The van der Waals surface area contributed by atoms with Crippen LogP contribution in [-0.2, 0) is 11.3 Å². The average molecular weight is 446 g/mol. The van der Waals surface area contributed by atoms with Crippen molar-refractivity contribution in [1.29, 1.82) is 0 Å². The van der Waals surface area contributed by atoms with Crippen molar-refractivity contribution in [2.24, 2.45) is 0 Å². The van der Waals surface area contributed by atoms with Crippen molar-refractivity contribution >= 4 is 22.8 Å². The monoisotopic (exact) mass is 446 g/mol. The number of fused-ring (bicyclic) bond motifs is 1. The summed E-state index contributed by atoms with van der Waals surface area (Å²) in [4.78, 5) is 23.2. The van der Waals surface area contributed by atoms with Gasteiger partial charge in [-0.3, -0.25) is 14.7 Å². The predicted octanol–water partition coefficient (Wildman–Crippen LogP) is 0.357. The summed E-state index contributed by atoms with van der Waals surface area (Å²) in [6.45, 7) is 1.73.